The molecule has 1 aliphatic carbocycles. The van der Waals surface area contributed by atoms with Crippen molar-refractivity contribution in [2.45, 2.75) is 36.9 Å². The predicted octanol–water partition coefficient (Wildman–Crippen LogP) is 4.64. The quantitative estimate of drug-likeness (QED) is 0.634. The number of carbonyl (C=O) groups excluding carboxylic acids is 1. The summed E-state index contributed by atoms with van der Waals surface area (Å²) in [7, 11) is 5.27. The number of likely N-dealkylation sites (tertiary alicyclic amines) is 1. The number of alkyl halides is 3. The van der Waals surface area contributed by atoms with Gasteiger partial charge in [0, 0.05) is 30.1 Å². The van der Waals surface area contributed by atoms with E-state index >= 15 is 0 Å². The fraction of sp³-hybridized carbons (Fsp3) is 0.480. The van der Waals surface area contributed by atoms with Gasteiger partial charge in [-0.05, 0) is 68.1 Å². The zero-order valence-corrected chi connectivity index (χ0v) is 19.3. The Bertz CT molecular complexity index is 1070. The van der Waals surface area contributed by atoms with Gasteiger partial charge in [0.05, 0.1) is 19.8 Å². The minimum Gasteiger partial charge on any atom is -0.493 e. The summed E-state index contributed by atoms with van der Waals surface area (Å²) in [6.07, 6.45) is -2.56. The van der Waals surface area contributed by atoms with Crippen molar-refractivity contribution in [3.8, 4) is 11.5 Å². The first kappa shape index (κ1) is 24.3. The number of carbonyl (C=O) groups is 1. The molecule has 0 aromatic heterocycles. The topological polar surface area (TPSA) is 50.8 Å². The second-order valence-electron chi connectivity index (χ2n) is 9.26. The van der Waals surface area contributed by atoms with Crippen molar-refractivity contribution in [1.29, 1.82) is 0 Å². The Morgan fingerprint density at radius 2 is 1.85 bits per heavy atom. The normalized spacial score (nSPS) is 25.0. The highest BCUT2D eigenvalue weighted by Gasteiger charge is 2.50. The van der Waals surface area contributed by atoms with Crippen LogP contribution in [0.2, 0.25) is 0 Å². The molecule has 5 nitrogen and oxygen atoms in total. The van der Waals surface area contributed by atoms with Gasteiger partial charge >= 0.3 is 6.18 Å². The van der Waals surface area contributed by atoms with E-state index in [0.29, 0.717) is 36.5 Å². The number of ether oxygens (including phenoxy) is 2. The van der Waals surface area contributed by atoms with Crippen LogP contribution in [0.25, 0.3) is 0 Å². The van der Waals surface area contributed by atoms with Crippen LogP contribution in [0.4, 0.5) is 17.6 Å². The summed E-state index contributed by atoms with van der Waals surface area (Å²) in [6.45, 7) is 1.73. The lowest BCUT2D eigenvalue weighted by atomic mass is 9.63. The number of methoxy groups -OCH3 is 2. The Labute approximate surface area is 196 Å². The molecule has 184 valence electrons. The Morgan fingerprint density at radius 1 is 1.12 bits per heavy atom. The number of hydrogen-bond donors (Lipinski definition) is 1. The smallest absolute Gasteiger partial charge is 0.419 e. The molecule has 2 fully saturated rings. The molecule has 0 bridgehead atoms. The highest BCUT2D eigenvalue weighted by atomic mass is 19.4. The van der Waals surface area contributed by atoms with E-state index in [2.05, 4.69) is 23.3 Å². The van der Waals surface area contributed by atoms with E-state index in [1.807, 2.05) is 12.1 Å². The number of benzene rings is 2. The lowest BCUT2D eigenvalue weighted by Crippen LogP contribution is -2.47. The Kier molecular flexibility index (Phi) is 6.50. The van der Waals surface area contributed by atoms with E-state index in [-0.39, 0.29) is 22.9 Å². The van der Waals surface area contributed by atoms with Gasteiger partial charge in [0.1, 0.15) is 5.82 Å². The van der Waals surface area contributed by atoms with Crippen LogP contribution in [0.5, 0.6) is 11.5 Å². The van der Waals surface area contributed by atoms with Crippen LogP contribution < -0.4 is 14.8 Å². The minimum absolute atomic E-state index is 0.101. The van der Waals surface area contributed by atoms with Crippen LogP contribution in [0, 0.1) is 11.7 Å². The Morgan fingerprint density at radius 3 is 2.50 bits per heavy atom. The highest BCUT2D eigenvalue weighted by Crippen LogP contribution is 2.49. The van der Waals surface area contributed by atoms with Crippen molar-refractivity contribution in [3.63, 3.8) is 0 Å². The average Bonchev–Trinajstić information content (AvgIpc) is 3.13. The summed E-state index contributed by atoms with van der Waals surface area (Å²) in [4.78, 5) is 15.0. The third kappa shape index (κ3) is 4.45. The first-order valence-electron chi connectivity index (χ1n) is 11.2. The van der Waals surface area contributed by atoms with E-state index in [1.54, 1.807) is 14.2 Å². The summed E-state index contributed by atoms with van der Waals surface area (Å²) < 4.78 is 63.3. The van der Waals surface area contributed by atoms with E-state index in [9.17, 15) is 22.4 Å². The highest BCUT2D eigenvalue weighted by molar-refractivity contribution is 5.94. The zero-order chi connectivity index (χ0) is 24.7. The SMILES string of the molecule is COc1ccc([C@@]23CC[C@H](NC(=O)c4ccc(C(F)(F)F)c(F)c4)C[C@@H]2CN(C)C3)cc1OC. The molecule has 34 heavy (non-hydrogen) atoms. The molecule has 1 amide bonds. The first-order chi connectivity index (χ1) is 16.1. The fourth-order valence-corrected chi connectivity index (χ4v) is 5.61. The molecule has 1 N–H and O–H groups in total. The Hall–Kier alpha value is -2.81. The average molecular weight is 481 g/mol. The molecule has 9 heteroatoms. The molecule has 2 aromatic carbocycles. The number of fused-ring (bicyclic) bond motifs is 1. The van der Waals surface area contributed by atoms with Crippen LogP contribution in [0.15, 0.2) is 36.4 Å². The second-order valence-corrected chi connectivity index (χ2v) is 9.26. The maximum Gasteiger partial charge on any atom is 0.419 e. The van der Waals surface area contributed by atoms with E-state index in [0.717, 1.165) is 31.1 Å². The van der Waals surface area contributed by atoms with Crippen molar-refractivity contribution in [1.82, 2.24) is 10.2 Å². The molecule has 4 rings (SSSR count). The number of nitrogens with zero attached hydrogens (tertiary/aromatic N) is 1. The zero-order valence-electron chi connectivity index (χ0n) is 19.3. The number of halogens is 4. The Balaban J connectivity index is 1.51. The molecular weight excluding hydrogens is 452 g/mol. The van der Waals surface area contributed by atoms with E-state index in [1.165, 1.54) is 0 Å². The van der Waals surface area contributed by atoms with E-state index in [4.69, 9.17) is 9.47 Å². The number of amides is 1. The third-order valence-electron chi connectivity index (χ3n) is 7.20. The third-order valence-corrected chi connectivity index (χ3v) is 7.20. The van der Waals surface area contributed by atoms with Gasteiger partial charge in [0.25, 0.3) is 5.91 Å². The molecule has 1 heterocycles. The summed E-state index contributed by atoms with van der Waals surface area (Å²) in [5.41, 5.74) is -0.439. The lowest BCUT2D eigenvalue weighted by molar-refractivity contribution is -0.140. The number of nitrogens with one attached hydrogen (secondary N) is 1. The molecule has 1 saturated carbocycles. The van der Waals surface area contributed by atoms with Gasteiger partial charge in [-0.15, -0.1) is 0 Å². The molecule has 3 atom stereocenters. The number of hydrogen-bond acceptors (Lipinski definition) is 4. The summed E-state index contributed by atoms with van der Waals surface area (Å²) in [6, 6.07) is 8.12. The summed E-state index contributed by atoms with van der Waals surface area (Å²) in [5.74, 6) is -0.423. The molecule has 0 unspecified atom stereocenters. The lowest BCUT2D eigenvalue weighted by Gasteiger charge is -2.43. The maximum atomic E-state index is 13.9. The minimum atomic E-state index is -4.80. The predicted molar refractivity (Wildman–Crippen MR) is 119 cm³/mol. The van der Waals surface area contributed by atoms with Crippen LogP contribution in [0.3, 0.4) is 0 Å². The van der Waals surface area contributed by atoms with Gasteiger partial charge in [-0.3, -0.25) is 4.79 Å². The van der Waals surface area contributed by atoms with Crippen molar-refractivity contribution in [2.75, 3.05) is 34.4 Å². The summed E-state index contributed by atoms with van der Waals surface area (Å²) >= 11 is 0. The monoisotopic (exact) mass is 480 g/mol. The van der Waals surface area contributed by atoms with Crippen molar-refractivity contribution in [3.05, 3.63) is 58.9 Å². The van der Waals surface area contributed by atoms with E-state index < -0.39 is 23.5 Å². The molecule has 1 aliphatic heterocycles. The molecule has 0 radical (unpaired) electrons. The van der Waals surface area contributed by atoms with Gasteiger partial charge < -0.3 is 19.7 Å². The van der Waals surface area contributed by atoms with Crippen molar-refractivity contribution in [2.24, 2.45) is 5.92 Å². The van der Waals surface area contributed by atoms with Gasteiger partial charge in [0.15, 0.2) is 11.5 Å². The standard InChI is InChI=1S/C25H28F4N2O3/c1-31-13-17-11-18(30-23(32)15-4-6-19(20(26)10-15)25(27,28)29)8-9-24(17,14-31)16-5-7-21(33-2)22(12-16)34-3/h4-7,10,12,17-18H,8-9,11,13-14H2,1-3H3,(H,30,32)/t17-,18+,24+/m1/s1. The molecular formula is C25H28F4N2O3. The van der Waals surface area contributed by atoms with Crippen LogP contribution in [-0.4, -0.2) is 51.2 Å². The fourth-order valence-electron chi connectivity index (χ4n) is 5.61. The van der Waals surface area contributed by atoms with Gasteiger partial charge in [-0.25, -0.2) is 4.39 Å². The van der Waals surface area contributed by atoms with Crippen molar-refractivity contribution >= 4 is 5.91 Å². The van der Waals surface area contributed by atoms with Crippen LogP contribution >= 0.6 is 0 Å². The van der Waals surface area contributed by atoms with Crippen LogP contribution in [-0.2, 0) is 11.6 Å². The summed E-state index contributed by atoms with van der Waals surface area (Å²) in [5, 5.41) is 2.91. The van der Waals surface area contributed by atoms with Gasteiger partial charge in [-0.2, -0.15) is 13.2 Å². The molecule has 2 aliphatic rings. The number of likely N-dealkylation sites (N-methyl/N-ethyl adjacent to an activating group) is 1. The molecule has 2 aromatic rings. The van der Waals surface area contributed by atoms with Gasteiger partial charge in [-0.1, -0.05) is 6.07 Å². The van der Waals surface area contributed by atoms with Crippen LogP contribution in [0.1, 0.15) is 40.7 Å². The molecule has 1 saturated heterocycles. The molecule has 0 spiro atoms. The second kappa shape index (κ2) is 9.09. The van der Waals surface area contributed by atoms with Crippen molar-refractivity contribution < 1.29 is 31.8 Å². The van der Waals surface area contributed by atoms with Gasteiger partial charge in [0.2, 0.25) is 0 Å². The maximum absolute atomic E-state index is 13.9. The first-order valence-corrected chi connectivity index (χ1v) is 11.2. The largest absolute Gasteiger partial charge is 0.493 e. The number of rotatable bonds is 5.